The molecule has 5 heteroatoms. The van der Waals surface area contributed by atoms with Crippen molar-refractivity contribution in [3.8, 4) is 0 Å². The van der Waals surface area contributed by atoms with Crippen molar-refractivity contribution >= 4 is 44.5 Å². The lowest BCUT2D eigenvalue weighted by molar-refractivity contribution is 0.00677. The van der Waals surface area contributed by atoms with E-state index in [-0.39, 0.29) is 5.97 Å². The Morgan fingerprint density at radius 2 is 2.13 bits per heavy atom. The van der Waals surface area contributed by atoms with Crippen molar-refractivity contribution in [3.05, 3.63) is 26.0 Å². The Balaban J connectivity index is 2.96. The van der Waals surface area contributed by atoms with Gasteiger partial charge in [0.05, 0.1) is 5.56 Å². The largest absolute Gasteiger partial charge is 0.456 e. The molecule has 0 fully saturated rings. The van der Waals surface area contributed by atoms with Gasteiger partial charge in [-0.15, -0.1) is 0 Å². The summed E-state index contributed by atoms with van der Waals surface area (Å²) < 4.78 is 6.67. The number of hydrogen-bond donors (Lipinski definition) is 0. The molecule has 0 atom stereocenters. The third-order valence-electron chi connectivity index (χ3n) is 1.42. The van der Waals surface area contributed by atoms with Crippen molar-refractivity contribution in [2.45, 2.75) is 26.4 Å². The Kier molecular flexibility index (Phi) is 4.11. The molecule has 15 heavy (non-hydrogen) atoms. The number of hydrogen-bond acceptors (Lipinski definition) is 3. The number of esters is 1. The van der Waals surface area contributed by atoms with Crippen molar-refractivity contribution < 1.29 is 9.53 Å². The Labute approximate surface area is 111 Å². The summed E-state index contributed by atoms with van der Waals surface area (Å²) in [7, 11) is 0. The van der Waals surface area contributed by atoms with Crippen molar-refractivity contribution in [1.82, 2.24) is 4.98 Å². The van der Waals surface area contributed by atoms with Crippen LogP contribution in [0.1, 0.15) is 31.1 Å². The zero-order valence-electron chi connectivity index (χ0n) is 8.67. The number of halogens is 2. The highest BCUT2D eigenvalue weighted by Crippen LogP contribution is 2.19. The fourth-order valence-electron chi connectivity index (χ4n) is 0.899. The fourth-order valence-corrected chi connectivity index (χ4v) is 1.75. The quantitative estimate of drug-likeness (QED) is 0.424. The van der Waals surface area contributed by atoms with Crippen molar-refractivity contribution in [2.24, 2.45) is 0 Å². The highest BCUT2D eigenvalue weighted by molar-refractivity contribution is 14.1. The lowest BCUT2D eigenvalue weighted by Crippen LogP contribution is -2.24. The molecular weight excluding hydrogens is 373 g/mol. The van der Waals surface area contributed by atoms with E-state index in [1.165, 1.54) is 0 Å². The van der Waals surface area contributed by atoms with Gasteiger partial charge < -0.3 is 4.74 Å². The summed E-state index contributed by atoms with van der Waals surface area (Å²) in [6.07, 6.45) is 1.65. The Bertz CT molecular complexity index is 387. The summed E-state index contributed by atoms with van der Waals surface area (Å²) in [4.78, 5) is 15.8. The molecule has 1 rings (SSSR count). The Morgan fingerprint density at radius 3 is 2.67 bits per heavy atom. The minimum Gasteiger partial charge on any atom is -0.456 e. The van der Waals surface area contributed by atoms with Crippen molar-refractivity contribution in [3.63, 3.8) is 0 Å². The van der Waals surface area contributed by atoms with Crippen LogP contribution in [-0.2, 0) is 4.74 Å². The van der Waals surface area contributed by atoms with Gasteiger partial charge in [0, 0.05) is 10.7 Å². The number of carbonyl (C=O) groups excluding carboxylic acids is 1. The molecule has 3 nitrogen and oxygen atoms in total. The fraction of sp³-hybridized carbons (Fsp3) is 0.400. The second-order valence-electron chi connectivity index (χ2n) is 3.99. The van der Waals surface area contributed by atoms with E-state index >= 15 is 0 Å². The van der Waals surface area contributed by atoms with E-state index in [1.54, 1.807) is 12.3 Å². The monoisotopic (exact) mass is 383 g/mol. The van der Waals surface area contributed by atoms with E-state index in [0.29, 0.717) is 9.26 Å². The molecule has 0 spiro atoms. The predicted octanol–water partition coefficient (Wildman–Crippen LogP) is 3.40. The Hall–Kier alpha value is -0.170. The van der Waals surface area contributed by atoms with Crippen LogP contribution >= 0.6 is 38.5 Å². The molecule has 0 aliphatic rings. The number of pyridine rings is 1. The molecule has 0 aromatic carbocycles. The predicted molar refractivity (Wildman–Crippen MR) is 69.8 cm³/mol. The van der Waals surface area contributed by atoms with Crippen LogP contribution in [0.15, 0.2) is 16.7 Å². The first-order valence-electron chi connectivity index (χ1n) is 4.34. The van der Waals surface area contributed by atoms with Crippen LogP contribution in [0.25, 0.3) is 0 Å². The maximum Gasteiger partial charge on any atom is 0.341 e. The third-order valence-corrected chi connectivity index (χ3v) is 2.72. The molecule has 0 aliphatic carbocycles. The van der Waals surface area contributed by atoms with Crippen molar-refractivity contribution in [1.29, 1.82) is 0 Å². The molecule has 0 amide bonds. The van der Waals surface area contributed by atoms with Gasteiger partial charge in [-0.25, -0.2) is 9.78 Å². The lowest BCUT2D eigenvalue weighted by Gasteiger charge is -2.19. The average molecular weight is 384 g/mol. The van der Waals surface area contributed by atoms with Crippen LogP contribution in [0.3, 0.4) is 0 Å². The summed E-state index contributed by atoms with van der Waals surface area (Å²) >= 11 is 5.28. The first-order valence-corrected chi connectivity index (χ1v) is 6.21. The number of carbonyl (C=O) groups is 1. The van der Waals surface area contributed by atoms with Crippen LogP contribution in [0.5, 0.6) is 0 Å². The van der Waals surface area contributed by atoms with Gasteiger partial charge in [0.2, 0.25) is 0 Å². The third kappa shape index (κ3) is 4.06. The molecule has 0 bridgehead atoms. The van der Waals surface area contributed by atoms with Crippen LogP contribution in [0.4, 0.5) is 0 Å². The second-order valence-corrected chi connectivity index (χ2v) is 5.93. The standard InChI is InChI=1S/C10H11BrINO2/c1-10(2,3)15-9(14)7-4-6(11)5-13-8(7)12/h4-5H,1-3H3. The second kappa shape index (κ2) is 4.78. The van der Waals surface area contributed by atoms with E-state index in [2.05, 4.69) is 20.9 Å². The molecule has 0 radical (unpaired) electrons. The highest BCUT2D eigenvalue weighted by atomic mass is 127. The summed E-state index contributed by atoms with van der Waals surface area (Å²) in [6.45, 7) is 5.51. The minimum atomic E-state index is -0.484. The zero-order valence-corrected chi connectivity index (χ0v) is 12.4. The molecule has 0 saturated heterocycles. The van der Waals surface area contributed by atoms with Gasteiger partial charge in [0.1, 0.15) is 9.30 Å². The Morgan fingerprint density at radius 1 is 1.53 bits per heavy atom. The lowest BCUT2D eigenvalue weighted by atomic mass is 10.2. The van der Waals surface area contributed by atoms with Crippen LogP contribution in [0.2, 0.25) is 0 Å². The van der Waals surface area contributed by atoms with Gasteiger partial charge in [-0.1, -0.05) is 0 Å². The molecule has 1 aromatic rings. The summed E-state index contributed by atoms with van der Waals surface area (Å²) in [5, 5.41) is 0. The molecule has 0 unspecified atom stereocenters. The first-order chi connectivity index (χ1) is 6.79. The SMILES string of the molecule is CC(C)(C)OC(=O)c1cc(Br)cnc1I. The molecule has 1 aromatic heterocycles. The molecular formula is C10H11BrINO2. The smallest absolute Gasteiger partial charge is 0.341 e. The zero-order chi connectivity index (χ0) is 11.6. The first kappa shape index (κ1) is 12.9. The number of ether oxygens (including phenoxy) is 1. The highest BCUT2D eigenvalue weighted by Gasteiger charge is 2.20. The molecule has 1 heterocycles. The summed E-state index contributed by atoms with van der Waals surface area (Å²) in [6, 6.07) is 1.71. The maximum absolute atomic E-state index is 11.7. The van der Waals surface area contributed by atoms with Crippen LogP contribution in [-0.4, -0.2) is 16.6 Å². The number of rotatable bonds is 1. The summed E-state index contributed by atoms with van der Waals surface area (Å²) in [5.74, 6) is -0.347. The van der Waals surface area contributed by atoms with Gasteiger partial charge in [0.25, 0.3) is 0 Å². The van der Waals surface area contributed by atoms with E-state index in [0.717, 1.165) is 4.47 Å². The van der Waals surface area contributed by atoms with Gasteiger partial charge in [-0.2, -0.15) is 0 Å². The van der Waals surface area contributed by atoms with Gasteiger partial charge >= 0.3 is 5.97 Å². The van der Waals surface area contributed by atoms with Crippen LogP contribution < -0.4 is 0 Å². The van der Waals surface area contributed by atoms with E-state index in [4.69, 9.17) is 4.74 Å². The minimum absolute atomic E-state index is 0.347. The number of aromatic nitrogens is 1. The average Bonchev–Trinajstić information content (AvgIpc) is 2.06. The van der Waals surface area contributed by atoms with E-state index in [9.17, 15) is 4.79 Å². The topological polar surface area (TPSA) is 39.2 Å². The van der Waals surface area contributed by atoms with E-state index < -0.39 is 5.60 Å². The van der Waals surface area contributed by atoms with E-state index in [1.807, 2.05) is 43.4 Å². The van der Waals surface area contributed by atoms with Crippen LogP contribution in [0, 0.1) is 3.70 Å². The van der Waals surface area contributed by atoms with Gasteiger partial charge in [0.15, 0.2) is 0 Å². The van der Waals surface area contributed by atoms with Gasteiger partial charge in [-0.3, -0.25) is 0 Å². The van der Waals surface area contributed by atoms with Gasteiger partial charge in [-0.05, 0) is 65.4 Å². The molecule has 82 valence electrons. The molecule has 0 N–H and O–H groups in total. The normalized spacial score (nSPS) is 11.3. The van der Waals surface area contributed by atoms with Crippen molar-refractivity contribution in [2.75, 3.05) is 0 Å². The molecule has 0 aliphatic heterocycles. The number of nitrogens with zero attached hydrogens (tertiary/aromatic N) is 1. The maximum atomic E-state index is 11.7. The molecule has 0 saturated carbocycles. The summed E-state index contributed by atoms with van der Waals surface area (Å²) in [5.41, 5.74) is 0.00237.